The lowest BCUT2D eigenvalue weighted by Crippen LogP contribution is -2.22. The first-order valence-electron chi connectivity index (χ1n) is 9.88. The lowest BCUT2D eigenvalue weighted by atomic mass is 9.83. The molecule has 11 heteroatoms. The van der Waals surface area contributed by atoms with E-state index in [0.29, 0.717) is 16.8 Å². The maximum Gasteiger partial charge on any atom is 0.323 e. The van der Waals surface area contributed by atoms with Crippen LogP contribution in [-0.2, 0) is 0 Å². The Morgan fingerprint density at radius 2 is 1.61 bits per heavy atom. The van der Waals surface area contributed by atoms with E-state index in [1.165, 1.54) is 6.07 Å². The van der Waals surface area contributed by atoms with Gasteiger partial charge in [-0.05, 0) is 22.4 Å². The molecular formula is C22H15N5O6. The van der Waals surface area contributed by atoms with Gasteiger partial charge < -0.3 is 15.7 Å². The molecule has 0 saturated heterocycles. The number of nitrogens with one attached hydrogen (secondary N) is 2. The van der Waals surface area contributed by atoms with E-state index in [1.807, 2.05) is 0 Å². The van der Waals surface area contributed by atoms with Crippen molar-refractivity contribution in [3.05, 3.63) is 80.9 Å². The van der Waals surface area contributed by atoms with Gasteiger partial charge in [-0.1, -0.05) is 36.4 Å². The van der Waals surface area contributed by atoms with Crippen molar-refractivity contribution >= 4 is 45.3 Å². The van der Waals surface area contributed by atoms with Gasteiger partial charge in [0, 0.05) is 23.2 Å². The third-order valence-electron chi connectivity index (χ3n) is 5.34. The topological polar surface area (TPSA) is 160 Å². The van der Waals surface area contributed by atoms with Crippen molar-refractivity contribution in [2.75, 3.05) is 23.8 Å². The molecule has 1 aromatic heterocycles. The number of carbonyl (C=O) groups excluding carboxylic acids is 2. The predicted octanol–water partition coefficient (Wildman–Crippen LogP) is 3.05. The Morgan fingerprint density at radius 1 is 0.909 bits per heavy atom. The Labute approximate surface area is 185 Å². The molecule has 0 bridgehead atoms. The van der Waals surface area contributed by atoms with Crippen LogP contribution in [0.15, 0.2) is 53.2 Å². The molecule has 1 heterocycles. The Bertz CT molecular complexity index is 1460. The number of ketones is 2. The number of nitro benzene ring substituents is 1. The third-order valence-corrected chi connectivity index (χ3v) is 5.34. The fourth-order valence-corrected chi connectivity index (χ4v) is 3.93. The summed E-state index contributed by atoms with van der Waals surface area (Å²) < 4.78 is 4.75. The van der Waals surface area contributed by atoms with Crippen molar-refractivity contribution < 1.29 is 24.2 Å². The number of hydrogen-bond acceptors (Lipinski definition) is 10. The quantitative estimate of drug-likeness (QED) is 0.262. The van der Waals surface area contributed by atoms with Crippen LogP contribution in [0.5, 0.6) is 0 Å². The number of anilines is 3. The fourth-order valence-electron chi connectivity index (χ4n) is 3.93. The summed E-state index contributed by atoms with van der Waals surface area (Å²) in [5.41, 5.74) is 1.35. The van der Waals surface area contributed by atoms with Gasteiger partial charge in [0.15, 0.2) is 17.1 Å². The van der Waals surface area contributed by atoms with Gasteiger partial charge >= 0.3 is 5.69 Å². The Balaban J connectivity index is 1.66. The molecule has 1 aliphatic rings. The van der Waals surface area contributed by atoms with Crippen molar-refractivity contribution in [2.24, 2.45) is 0 Å². The van der Waals surface area contributed by atoms with Gasteiger partial charge in [0.2, 0.25) is 5.52 Å². The first kappa shape index (κ1) is 20.3. The highest BCUT2D eigenvalue weighted by molar-refractivity contribution is 6.30. The molecule has 3 N–H and O–H groups in total. The zero-order valence-electron chi connectivity index (χ0n) is 16.9. The molecule has 4 aromatic rings. The van der Waals surface area contributed by atoms with E-state index < -0.39 is 4.92 Å². The van der Waals surface area contributed by atoms with E-state index in [0.717, 1.165) is 0 Å². The number of aromatic nitrogens is 2. The van der Waals surface area contributed by atoms with Crippen molar-refractivity contribution in [1.82, 2.24) is 10.3 Å². The first-order valence-corrected chi connectivity index (χ1v) is 9.88. The number of fused-ring (bicyclic) bond motifs is 3. The van der Waals surface area contributed by atoms with Crippen LogP contribution in [0.25, 0.3) is 11.0 Å². The van der Waals surface area contributed by atoms with Gasteiger partial charge in [-0.25, -0.2) is 4.63 Å². The second kappa shape index (κ2) is 7.80. The molecule has 5 rings (SSSR count). The van der Waals surface area contributed by atoms with E-state index in [4.69, 9.17) is 9.74 Å². The summed E-state index contributed by atoms with van der Waals surface area (Å²) >= 11 is 0. The number of rotatable bonds is 6. The van der Waals surface area contributed by atoms with Crippen LogP contribution in [0.1, 0.15) is 31.8 Å². The maximum atomic E-state index is 13.3. The molecule has 0 spiro atoms. The lowest BCUT2D eigenvalue weighted by molar-refractivity contribution is -0.382. The molecule has 0 radical (unpaired) electrons. The Morgan fingerprint density at radius 3 is 2.33 bits per heavy atom. The number of aliphatic hydroxyl groups is 1. The van der Waals surface area contributed by atoms with Crippen LogP contribution in [0, 0.1) is 10.1 Å². The summed E-state index contributed by atoms with van der Waals surface area (Å²) in [6.07, 6.45) is 0. The second-order valence-electron chi connectivity index (χ2n) is 7.25. The Hall–Kier alpha value is -4.64. The molecule has 0 fully saturated rings. The third kappa shape index (κ3) is 3.18. The molecular weight excluding hydrogens is 430 g/mol. The lowest BCUT2D eigenvalue weighted by Gasteiger charge is -2.21. The minimum Gasteiger partial charge on any atom is -0.395 e. The number of benzene rings is 3. The largest absolute Gasteiger partial charge is 0.395 e. The number of nitrogens with zero attached hydrogens (tertiary/aromatic N) is 3. The summed E-state index contributed by atoms with van der Waals surface area (Å²) in [6.45, 7) is -0.196. The molecule has 3 aromatic carbocycles. The standard InChI is InChI=1S/C22H15N5O6/c28-9-8-23-16-10-15(18-19(26-33-25-18)20(16)27(31)32)24-14-7-3-6-13-17(14)22(30)12-5-2-1-4-11(12)21(13)29/h1-7,10,23-24,28H,8-9H2. The van der Waals surface area contributed by atoms with Crippen molar-refractivity contribution in [3.63, 3.8) is 0 Å². The molecule has 0 amide bonds. The van der Waals surface area contributed by atoms with Crippen LogP contribution in [0.3, 0.4) is 0 Å². The normalized spacial score (nSPS) is 12.4. The SMILES string of the molecule is O=C1c2ccccc2C(=O)c2c(Nc3cc(NCCO)c([N+](=O)[O-])c4nonc34)cccc21. The van der Waals surface area contributed by atoms with E-state index in [9.17, 15) is 19.7 Å². The minimum absolute atomic E-state index is 0.0571. The van der Waals surface area contributed by atoms with Gasteiger partial charge in [-0.2, -0.15) is 0 Å². The molecule has 0 atom stereocenters. The average molecular weight is 445 g/mol. The molecule has 1 aliphatic carbocycles. The monoisotopic (exact) mass is 445 g/mol. The molecule has 11 nitrogen and oxygen atoms in total. The summed E-state index contributed by atoms with van der Waals surface area (Å²) in [5.74, 6) is -0.593. The summed E-state index contributed by atoms with van der Waals surface area (Å²) in [6, 6.07) is 12.8. The number of hydrogen-bond donors (Lipinski definition) is 3. The maximum absolute atomic E-state index is 13.3. The number of aliphatic hydroxyl groups excluding tert-OH is 1. The van der Waals surface area contributed by atoms with E-state index in [2.05, 4.69) is 20.9 Å². The van der Waals surface area contributed by atoms with Gasteiger partial charge in [-0.15, -0.1) is 0 Å². The Kier molecular flexibility index (Phi) is 4.79. The van der Waals surface area contributed by atoms with E-state index >= 15 is 0 Å². The zero-order chi connectivity index (χ0) is 23.1. The highest BCUT2D eigenvalue weighted by atomic mass is 16.6. The van der Waals surface area contributed by atoms with Crippen LogP contribution in [0.2, 0.25) is 0 Å². The van der Waals surface area contributed by atoms with Gasteiger partial charge in [0.25, 0.3) is 0 Å². The van der Waals surface area contributed by atoms with Crippen molar-refractivity contribution in [1.29, 1.82) is 0 Å². The van der Waals surface area contributed by atoms with Gasteiger partial charge in [-0.3, -0.25) is 19.7 Å². The molecule has 164 valence electrons. The summed E-state index contributed by atoms with van der Waals surface area (Å²) in [4.78, 5) is 37.3. The van der Waals surface area contributed by atoms with E-state index in [1.54, 1.807) is 42.5 Å². The van der Waals surface area contributed by atoms with Crippen LogP contribution < -0.4 is 10.6 Å². The summed E-state index contributed by atoms with van der Waals surface area (Å²) in [7, 11) is 0. The molecule has 0 saturated carbocycles. The second-order valence-corrected chi connectivity index (χ2v) is 7.25. The van der Waals surface area contributed by atoms with Gasteiger partial charge in [0.05, 0.1) is 28.5 Å². The van der Waals surface area contributed by atoms with Crippen LogP contribution in [0.4, 0.5) is 22.7 Å². The molecule has 0 aliphatic heterocycles. The number of carbonyl (C=O) groups is 2. The smallest absolute Gasteiger partial charge is 0.323 e. The summed E-state index contributed by atoms with van der Waals surface area (Å²) in [5, 5.41) is 34.1. The zero-order valence-corrected chi connectivity index (χ0v) is 16.9. The van der Waals surface area contributed by atoms with Crippen molar-refractivity contribution in [2.45, 2.75) is 0 Å². The molecule has 0 unspecified atom stereocenters. The highest BCUT2D eigenvalue weighted by Gasteiger charge is 2.32. The van der Waals surface area contributed by atoms with E-state index in [-0.39, 0.29) is 63.9 Å². The van der Waals surface area contributed by atoms with Crippen LogP contribution in [-0.4, -0.2) is 45.1 Å². The van der Waals surface area contributed by atoms with Crippen LogP contribution >= 0.6 is 0 Å². The first-order chi connectivity index (χ1) is 16.0. The fraction of sp³-hybridized carbons (Fsp3) is 0.0909. The van der Waals surface area contributed by atoms with Gasteiger partial charge in [0.1, 0.15) is 5.69 Å². The van der Waals surface area contributed by atoms with Crippen molar-refractivity contribution in [3.8, 4) is 0 Å². The predicted molar refractivity (Wildman–Crippen MR) is 117 cm³/mol. The molecule has 33 heavy (non-hydrogen) atoms. The average Bonchev–Trinajstić information content (AvgIpc) is 3.30. The highest BCUT2D eigenvalue weighted by Crippen LogP contribution is 2.39. The number of nitro groups is 1. The minimum atomic E-state index is -0.625.